The summed E-state index contributed by atoms with van der Waals surface area (Å²) in [5.74, 6) is 1.19. The number of thioether (sulfide) groups is 1. The Morgan fingerprint density at radius 3 is 2.43 bits per heavy atom. The van der Waals surface area contributed by atoms with Crippen molar-refractivity contribution in [2.75, 3.05) is 31.1 Å². The van der Waals surface area contributed by atoms with E-state index in [4.69, 9.17) is 4.42 Å². The molecule has 0 saturated carbocycles. The monoisotopic (exact) mass is 488 g/mol. The van der Waals surface area contributed by atoms with E-state index in [0.717, 1.165) is 16.3 Å². The average molecular weight is 489 g/mol. The standard InChI is InChI=1S/C27H25FN4O2S/c1-19-6-8-20(9-7-19)23-11-13-26(30-29-23)35-18-21-10-12-25(34-21)27(33)32-16-14-31(15-17-32)24-5-3-2-4-22(24)28/h2-13H,14-18H2,1H3. The van der Waals surface area contributed by atoms with E-state index in [1.807, 2.05) is 41.3 Å². The van der Waals surface area contributed by atoms with Crippen molar-refractivity contribution < 1.29 is 13.6 Å². The van der Waals surface area contributed by atoms with Gasteiger partial charge in [-0.25, -0.2) is 4.39 Å². The van der Waals surface area contributed by atoms with Gasteiger partial charge in [0.05, 0.1) is 17.1 Å². The third-order valence-corrected chi connectivity index (χ3v) is 6.92. The first-order valence-corrected chi connectivity index (χ1v) is 12.5. The van der Waals surface area contributed by atoms with Crippen molar-refractivity contribution in [3.63, 3.8) is 0 Å². The number of carbonyl (C=O) groups excluding carboxylic acids is 1. The Morgan fingerprint density at radius 1 is 0.943 bits per heavy atom. The van der Waals surface area contributed by atoms with E-state index >= 15 is 0 Å². The first-order chi connectivity index (χ1) is 17.1. The number of amides is 1. The first kappa shape index (κ1) is 23.1. The number of para-hydroxylation sites is 1. The fourth-order valence-corrected chi connectivity index (χ4v) is 4.71. The predicted octanol–water partition coefficient (Wildman–Crippen LogP) is 5.44. The van der Waals surface area contributed by atoms with Crippen LogP contribution in [0.25, 0.3) is 11.3 Å². The molecule has 1 aliphatic rings. The molecular formula is C27H25FN4O2S. The van der Waals surface area contributed by atoms with Crippen molar-refractivity contribution in [1.29, 1.82) is 0 Å². The molecule has 1 aliphatic heterocycles. The number of nitrogens with zero attached hydrogens (tertiary/aromatic N) is 4. The van der Waals surface area contributed by atoms with Gasteiger partial charge in [-0.2, -0.15) is 0 Å². The summed E-state index contributed by atoms with van der Waals surface area (Å²) in [5.41, 5.74) is 3.64. The fourth-order valence-electron chi connectivity index (χ4n) is 4.01. The normalized spacial score (nSPS) is 13.8. The van der Waals surface area contributed by atoms with Crippen LogP contribution in [0.15, 0.2) is 82.2 Å². The molecule has 178 valence electrons. The molecule has 2 aromatic carbocycles. The van der Waals surface area contributed by atoms with Gasteiger partial charge in [-0.15, -0.1) is 10.2 Å². The van der Waals surface area contributed by atoms with Gasteiger partial charge >= 0.3 is 0 Å². The quantitative estimate of drug-likeness (QED) is 0.337. The van der Waals surface area contributed by atoms with Crippen molar-refractivity contribution in [2.45, 2.75) is 17.7 Å². The lowest BCUT2D eigenvalue weighted by atomic mass is 10.1. The number of hydrogen-bond donors (Lipinski definition) is 0. The third-order valence-electron chi connectivity index (χ3n) is 5.98. The van der Waals surface area contributed by atoms with Crippen molar-refractivity contribution >= 4 is 23.4 Å². The zero-order valence-electron chi connectivity index (χ0n) is 19.4. The molecule has 1 saturated heterocycles. The topological polar surface area (TPSA) is 62.5 Å². The van der Waals surface area contributed by atoms with Gasteiger partial charge in [0.15, 0.2) is 5.76 Å². The summed E-state index contributed by atoms with van der Waals surface area (Å²) in [4.78, 5) is 16.6. The van der Waals surface area contributed by atoms with Gasteiger partial charge in [0, 0.05) is 31.7 Å². The molecule has 0 aliphatic carbocycles. The smallest absolute Gasteiger partial charge is 0.289 e. The van der Waals surface area contributed by atoms with E-state index in [9.17, 15) is 9.18 Å². The van der Waals surface area contributed by atoms with Crippen LogP contribution in [-0.2, 0) is 5.75 Å². The zero-order valence-corrected chi connectivity index (χ0v) is 20.2. The third kappa shape index (κ3) is 5.38. The second-order valence-electron chi connectivity index (χ2n) is 8.41. The zero-order chi connectivity index (χ0) is 24.2. The number of piperazine rings is 1. The summed E-state index contributed by atoms with van der Waals surface area (Å²) in [6.45, 7) is 4.24. The van der Waals surface area contributed by atoms with E-state index in [1.165, 1.54) is 23.4 Å². The highest BCUT2D eigenvalue weighted by atomic mass is 32.2. The Balaban J connectivity index is 1.14. The number of aromatic nitrogens is 2. The van der Waals surface area contributed by atoms with Crippen LogP contribution in [-0.4, -0.2) is 47.2 Å². The molecule has 6 nitrogen and oxygen atoms in total. The lowest BCUT2D eigenvalue weighted by Gasteiger charge is -2.35. The van der Waals surface area contributed by atoms with Crippen LogP contribution in [0.2, 0.25) is 0 Å². The van der Waals surface area contributed by atoms with Crippen molar-refractivity contribution in [3.05, 3.63) is 95.7 Å². The van der Waals surface area contributed by atoms with Crippen LogP contribution in [0.1, 0.15) is 21.9 Å². The molecule has 0 bridgehead atoms. The van der Waals surface area contributed by atoms with Gasteiger partial charge in [0.2, 0.25) is 0 Å². The average Bonchev–Trinajstić information content (AvgIpc) is 3.37. The van der Waals surface area contributed by atoms with Crippen molar-refractivity contribution in [3.8, 4) is 11.3 Å². The summed E-state index contributed by atoms with van der Waals surface area (Å²) in [5, 5.41) is 9.43. The molecule has 0 radical (unpaired) electrons. The van der Waals surface area contributed by atoms with Crippen LogP contribution in [0.5, 0.6) is 0 Å². The summed E-state index contributed by atoms with van der Waals surface area (Å²) in [6.07, 6.45) is 0. The van der Waals surface area contributed by atoms with Crippen molar-refractivity contribution in [1.82, 2.24) is 15.1 Å². The van der Waals surface area contributed by atoms with Crippen LogP contribution < -0.4 is 4.90 Å². The molecule has 0 unspecified atom stereocenters. The number of furan rings is 1. The molecule has 2 aromatic heterocycles. The Labute approximate surface area is 207 Å². The van der Waals surface area contributed by atoms with Gasteiger partial charge in [0.25, 0.3) is 5.91 Å². The fraction of sp³-hybridized carbons (Fsp3) is 0.222. The number of benzene rings is 2. The molecular weight excluding hydrogens is 463 g/mol. The number of anilines is 1. The van der Waals surface area contributed by atoms with E-state index < -0.39 is 0 Å². The van der Waals surface area contributed by atoms with Gasteiger partial charge in [0.1, 0.15) is 16.6 Å². The first-order valence-electron chi connectivity index (χ1n) is 11.5. The molecule has 35 heavy (non-hydrogen) atoms. The Bertz CT molecular complexity index is 1300. The number of hydrogen-bond acceptors (Lipinski definition) is 6. The Morgan fingerprint density at radius 2 is 1.71 bits per heavy atom. The minimum Gasteiger partial charge on any atom is -0.455 e. The lowest BCUT2D eigenvalue weighted by molar-refractivity contribution is 0.0713. The summed E-state index contributed by atoms with van der Waals surface area (Å²) in [7, 11) is 0. The SMILES string of the molecule is Cc1ccc(-c2ccc(SCc3ccc(C(=O)N4CCN(c5ccccc5F)CC4)o3)nn2)cc1. The van der Waals surface area contributed by atoms with Gasteiger partial charge in [-0.1, -0.05) is 53.7 Å². The highest BCUT2D eigenvalue weighted by Gasteiger charge is 2.25. The summed E-state index contributed by atoms with van der Waals surface area (Å²) >= 11 is 1.51. The molecule has 4 aromatic rings. The van der Waals surface area contributed by atoms with Crippen LogP contribution in [0.4, 0.5) is 10.1 Å². The molecule has 3 heterocycles. The maximum Gasteiger partial charge on any atom is 0.289 e. The van der Waals surface area contributed by atoms with Crippen LogP contribution >= 0.6 is 11.8 Å². The van der Waals surface area contributed by atoms with Gasteiger partial charge in [-0.05, 0) is 43.3 Å². The number of rotatable bonds is 6. The van der Waals surface area contributed by atoms with Gasteiger partial charge < -0.3 is 14.2 Å². The number of carbonyl (C=O) groups is 1. The summed E-state index contributed by atoms with van der Waals surface area (Å²) in [6, 6.07) is 22.3. The largest absolute Gasteiger partial charge is 0.455 e. The Kier molecular flexibility index (Phi) is 6.81. The van der Waals surface area contributed by atoms with E-state index in [0.29, 0.717) is 49.1 Å². The second kappa shape index (κ2) is 10.3. The van der Waals surface area contributed by atoms with E-state index in [2.05, 4.69) is 29.3 Å². The summed E-state index contributed by atoms with van der Waals surface area (Å²) < 4.78 is 19.9. The highest BCUT2D eigenvalue weighted by molar-refractivity contribution is 7.98. The van der Waals surface area contributed by atoms with Crippen molar-refractivity contribution in [2.24, 2.45) is 0 Å². The highest BCUT2D eigenvalue weighted by Crippen LogP contribution is 2.25. The van der Waals surface area contributed by atoms with E-state index in [1.54, 1.807) is 23.1 Å². The second-order valence-corrected chi connectivity index (χ2v) is 9.40. The van der Waals surface area contributed by atoms with Gasteiger partial charge in [-0.3, -0.25) is 4.79 Å². The molecule has 1 amide bonds. The maximum absolute atomic E-state index is 14.1. The molecule has 0 atom stereocenters. The lowest BCUT2D eigenvalue weighted by Crippen LogP contribution is -2.49. The van der Waals surface area contributed by atoms with Crippen LogP contribution in [0.3, 0.4) is 0 Å². The molecule has 1 fully saturated rings. The molecule has 0 N–H and O–H groups in total. The predicted molar refractivity (Wildman–Crippen MR) is 135 cm³/mol. The molecule has 0 spiro atoms. The Hall–Kier alpha value is -3.65. The van der Waals surface area contributed by atoms with E-state index in [-0.39, 0.29) is 11.7 Å². The molecule has 5 rings (SSSR count). The maximum atomic E-state index is 14.1. The minimum atomic E-state index is -0.241. The van der Waals surface area contributed by atoms with Crippen LogP contribution in [0, 0.1) is 12.7 Å². The minimum absolute atomic E-state index is 0.142. The number of halogens is 1. The molecule has 8 heteroatoms. The number of aryl methyl sites for hydroxylation is 1.